The highest BCUT2D eigenvalue weighted by atomic mass is 16.5. The number of hydrogen-bond acceptors (Lipinski definition) is 5. The second kappa shape index (κ2) is 7.65. The maximum Gasteiger partial charge on any atom is 0.229 e. The van der Waals surface area contributed by atoms with E-state index in [9.17, 15) is 9.59 Å². The summed E-state index contributed by atoms with van der Waals surface area (Å²) in [5.74, 6) is 0.744. The number of amides is 2. The van der Waals surface area contributed by atoms with Crippen LogP contribution in [0.3, 0.4) is 0 Å². The third kappa shape index (κ3) is 4.02. The van der Waals surface area contributed by atoms with E-state index in [0.29, 0.717) is 23.7 Å². The molecule has 2 amide bonds. The van der Waals surface area contributed by atoms with Gasteiger partial charge in [-0.15, -0.1) is 0 Å². The molecule has 0 saturated carbocycles. The van der Waals surface area contributed by atoms with Crippen molar-refractivity contribution in [2.75, 3.05) is 42.9 Å². The molecule has 2 heterocycles. The van der Waals surface area contributed by atoms with E-state index in [4.69, 9.17) is 4.74 Å². The van der Waals surface area contributed by atoms with Crippen LogP contribution >= 0.6 is 0 Å². The van der Waals surface area contributed by atoms with E-state index < -0.39 is 5.92 Å². The number of benzene rings is 1. The predicted molar refractivity (Wildman–Crippen MR) is 105 cm³/mol. The van der Waals surface area contributed by atoms with Gasteiger partial charge in [-0.1, -0.05) is 6.07 Å². The lowest BCUT2D eigenvalue weighted by Crippen LogP contribution is -2.28. The largest absolute Gasteiger partial charge is 0.495 e. The van der Waals surface area contributed by atoms with Crippen molar-refractivity contribution in [2.45, 2.75) is 13.3 Å². The average Bonchev–Trinajstić information content (AvgIpc) is 3.04. The summed E-state index contributed by atoms with van der Waals surface area (Å²) in [5.41, 5.74) is 2.35. The molecule has 2 aromatic rings. The Morgan fingerprint density at radius 2 is 2.07 bits per heavy atom. The quantitative estimate of drug-likeness (QED) is 0.877. The molecule has 1 aromatic heterocycles. The summed E-state index contributed by atoms with van der Waals surface area (Å²) in [6.45, 7) is 2.28. The van der Waals surface area contributed by atoms with E-state index in [0.717, 1.165) is 11.4 Å². The number of rotatable bonds is 5. The minimum atomic E-state index is -0.420. The monoisotopic (exact) mass is 368 g/mol. The Hall–Kier alpha value is -3.09. The summed E-state index contributed by atoms with van der Waals surface area (Å²) < 4.78 is 5.38. The highest BCUT2D eigenvalue weighted by Crippen LogP contribution is 2.34. The Balaban J connectivity index is 1.71. The lowest BCUT2D eigenvalue weighted by atomic mass is 10.1. The Morgan fingerprint density at radius 1 is 1.30 bits per heavy atom. The SMILES string of the molecule is COc1ccc(C)cc1N1C[C@@H](C(=O)Nc2ccc(N(C)C)nc2)CC1=O. The van der Waals surface area contributed by atoms with Crippen LogP contribution in [-0.2, 0) is 9.59 Å². The zero-order valence-corrected chi connectivity index (χ0v) is 16.0. The van der Waals surface area contributed by atoms with Crippen LogP contribution in [0.5, 0.6) is 5.75 Å². The number of methoxy groups -OCH3 is 1. The fourth-order valence-electron chi connectivity index (χ4n) is 3.10. The minimum Gasteiger partial charge on any atom is -0.495 e. The minimum absolute atomic E-state index is 0.0832. The lowest BCUT2D eigenvalue weighted by molar-refractivity contribution is -0.122. The standard InChI is InChI=1S/C20H24N4O3/c1-13-5-7-17(27-4)16(9-13)24-12-14(10-19(24)25)20(26)22-15-6-8-18(21-11-15)23(2)3/h5-9,11,14H,10,12H2,1-4H3,(H,22,26)/t14-/m0/s1. The van der Waals surface area contributed by atoms with E-state index in [-0.39, 0.29) is 18.2 Å². The highest BCUT2D eigenvalue weighted by molar-refractivity contribution is 6.04. The van der Waals surface area contributed by atoms with E-state index in [1.54, 1.807) is 24.3 Å². The average molecular weight is 368 g/mol. The summed E-state index contributed by atoms with van der Waals surface area (Å²) in [4.78, 5) is 32.9. The summed E-state index contributed by atoms with van der Waals surface area (Å²) in [5, 5.41) is 2.85. The van der Waals surface area contributed by atoms with Gasteiger partial charge in [-0.2, -0.15) is 0 Å². The molecular formula is C20H24N4O3. The first-order valence-electron chi connectivity index (χ1n) is 8.78. The van der Waals surface area contributed by atoms with Crippen LogP contribution in [-0.4, -0.2) is 44.5 Å². The van der Waals surface area contributed by atoms with Gasteiger partial charge in [-0.05, 0) is 36.8 Å². The summed E-state index contributed by atoms with van der Waals surface area (Å²) in [6, 6.07) is 9.30. The van der Waals surface area contributed by atoms with Crippen molar-refractivity contribution < 1.29 is 14.3 Å². The van der Waals surface area contributed by atoms with Crippen LogP contribution in [0.4, 0.5) is 17.2 Å². The second-order valence-corrected chi connectivity index (χ2v) is 6.87. The normalized spacial score (nSPS) is 16.4. The first kappa shape index (κ1) is 18.7. The van der Waals surface area contributed by atoms with Gasteiger partial charge < -0.3 is 19.9 Å². The molecule has 0 aliphatic carbocycles. The fourth-order valence-corrected chi connectivity index (χ4v) is 3.10. The smallest absolute Gasteiger partial charge is 0.229 e. The van der Waals surface area contributed by atoms with Gasteiger partial charge in [0, 0.05) is 27.1 Å². The van der Waals surface area contributed by atoms with Crippen molar-refractivity contribution in [3.63, 3.8) is 0 Å². The number of aryl methyl sites for hydroxylation is 1. The van der Waals surface area contributed by atoms with Gasteiger partial charge in [0.25, 0.3) is 0 Å². The molecule has 7 nitrogen and oxygen atoms in total. The van der Waals surface area contributed by atoms with E-state index >= 15 is 0 Å². The molecule has 1 aliphatic rings. The molecule has 7 heteroatoms. The number of hydrogen-bond donors (Lipinski definition) is 1. The number of pyridine rings is 1. The number of aromatic nitrogens is 1. The van der Waals surface area contributed by atoms with Crippen molar-refractivity contribution in [3.8, 4) is 5.75 Å². The molecule has 142 valence electrons. The molecule has 1 N–H and O–H groups in total. The number of anilines is 3. The molecule has 1 aromatic carbocycles. The zero-order valence-electron chi connectivity index (χ0n) is 16.0. The van der Waals surface area contributed by atoms with Crippen molar-refractivity contribution in [2.24, 2.45) is 5.92 Å². The Labute approximate surface area is 158 Å². The van der Waals surface area contributed by atoms with Crippen LogP contribution in [0.25, 0.3) is 0 Å². The first-order valence-corrected chi connectivity index (χ1v) is 8.78. The molecule has 0 bridgehead atoms. The number of ether oxygens (including phenoxy) is 1. The summed E-state index contributed by atoms with van der Waals surface area (Å²) in [7, 11) is 5.38. The molecule has 27 heavy (non-hydrogen) atoms. The molecule has 1 saturated heterocycles. The van der Waals surface area contributed by atoms with Crippen molar-refractivity contribution in [1.82, 2.24) is 4.98 Å². The van der Waals surface area contributed by atoms with Crippen LogP contribution in [0.1, 0.15) is 12.0 Å². The molecule has 0 radical (unpaired) electrons. The van der Waals surface area contributed by atoms with Crippen molar-refractivity contribution in [1.29, 1.82) is 0 Å². The van der Waals surface area contributed by atoms with Gasteiger partial charge in [0.05, 0.1) is 30.6 Å². The molecule has 0 unspecified atom stereocenters. The van der Waals surface area contributed by atoms with E-state index in [1.807, 2.05) is 50.2 Å². The zero-order chi connectivity index (χ0) is 19.6. The maximum absolute atomic E-state index is 12.6. The molecule has 1 atom stereocenters. The number of carbonyl (C=O) groups is 2. The number of carbonyl (C=O) groups excluding carboxylic acids is 2. The third-order valence-electron chi connectivity index (χ3n) is 4.59. The summed E-state index contributed by atoms with van der Waals surface area (Å²) >= 11 is 0. The van der Waals surface area contributed by atoms with Crippen LogP contribution in [0.15, 0.2) is 36.5 Å². The summed E-state index contributed by atoms with van der Waals surface area (Å²) in [6.07, 6.45) is 1.79. The van der Waals surface area contributed by atoms with Gasteiger partial charge in [0.1, 0.15) is 11.6 Å². The Kier molecular flexibility index (Phi) is 5.30. The van der Waals surface area contributed by atoms with Gasteiger partial charge in [-0.3, -0.25) is 9.59 Å². The Morgan fingerprint density at radius 3 is 2.70 bits per heavy atom. The number of nitrogens with one attached hydrogen (secondary N) is 1. The van der Waals surface area contributed by atoms with Crippen molar-refractivity contribution in [3.05, 3.63) is 42.1 Å². The second-order valence-electron chi connectivity index (χ2n) is 6.87. The van der Waals surface area contributed by atoms with Crippen LogP contribution in [0.2, 0.25) is 0 Å². The molecule has 1 fully saturated rings. The lowest BCUT2D eigenvalue weighted by Gasteiger charge is -2.20. The first-order chi connectivity index (χ1) is 12.9. The Bertz CT molecular complexity index is 849. The molecular weight excluding hydrogens is 344 g/mol. The van der Waals surface area contributed by atoms with Gasteiger partial charge >= 0.3 is 0 Å². The molecule has 3 rings (SSSR count). The van der Waals surface area contributed by atoms with Gasteiger partial charge in [-0.25, -0.2) is 4.98 Å². The van der Waals surface area contributed by atoms with Crippen LogP contribution < -0.4 is 19.9 Å². The van der Waals surface area contributed by atoms with Crippen molar-refractivity contribution >= 4 is 29.0 Å². The molecule has 0 spiro atoms. The fraction of sp³-hybridized carbons (Fsp3) is 0.350. The third-order valence-corrected chi connectivity index (χ3v) is 4.59. The highest BCUT2D eigenvalue weighted by Gasteiger charge is 2.36. The number of nitrogens with zero attached hydrogens (tertiary/aromatic N) is 3. The van der Waals surface area contributed by atoms with Crippen LogP contribution in [0, 0.1) is 12.8 Å². The maximum atomic E-state index is 12.6. The molecule has 1 aliphatic heterocycles. The topological polar surface area (TPSA) is 74.8 Å². The van der Waals surface area contributed by atoms with E-state index in [2.05, 4.69) is 10.3 Å². The van der Waals surface area contributed by atoms with Gasteiger partial charge in [0.2, 0.25) is 11.8 Å². The predicted octanol–water partition coefficient (Wildman–Crippen LogP) is 2.46. The van der Waals surface area contributed by atoms with Gasteiger partial charge in [0.15, 0.2) is 0 Å². The van der Waals surface area contributed by atoms with E-state index in [1.165, 1.54) is 0 Å².